The number of aryl methyl sites for hydroxylation is 1. The minimum Gasteiger partial charge on any atom is -0.504 e. The molecule has 1 aromatic heterocycles. The average molecular weight is 341 g/mol. The number of pyridine rings is 1. The van der Waals surface area contributed by atoms with Crippen LogP contribution in [0.15, 0.2) is 12.1 Å². The fraction of sp³-hybridized carbons (Fsp3) is 0.550. The smallest absolute Gasteiger partial charge is 0.159 e. The Kier molecular flexibility index (Phi) is 4.20. The Bertz CT molecular complexity index is 795. The molecule has 0 amide bonds. The van der Waals surface area contributed by atoms with Crippen molar-refractivity contribution in [3.05, 3.63) is 23.4 Å². The first-order valence-electron chi connectivity index (χ1n) is 9.41. The molecule has 0 radical (unpaired) electrons. The first-order valence-corrected chi connectivity index (χ1v) is 9.41. The van der Waals surface area contributed by atoms with E-state index in [0.717, 1.165) is 67.5 Å². The lowest BCUT2D eigenvalue weighted by Gasteiger charge is -2.35. The summed E-state index contributed by atoms with van der Waals surface area (Å²) >= 11 is 0. The molecule has 5 heteroatoms. The molecular weight excluding hydrogens is 314 g/mol. The SMILES string of the molecule is CC(C)N1CCC(Nc2c3c(nc4cc(O)c(O)cc24)CCC3)CC1. The molecule has 5 nitrogen and oxygen atoms in total. The molecule has 0 atom stereocenters. The summed E-state index contributed by atoms with van der Waals surface area (Å²) in [6, 6.07) is 4.28. The second kappa shape index (κ2) is 6.37. The van der Waals surface area contributed by atoms with Gasteiger partial charge in [0.15, 0.2) is 11.5 Å². The summed E-state index contributed by atoms with van der Waals surface area (Å²) < 4.78 is 0. The highest BCUT2D eigenvalue weighted by atomic mass is 16.3. The summed E-state index contributed by atoms with van der Waals surface area (Å²) in [5.41, 5.74) is 4.32. The van der Waals surface area contributed by atoms with E-state index in [0.29, 0.717) is 12.1 Å². The Morgan fingerprint density at radius 3 is 2.56 bits per heavy atom. The van der Waals surface area contributed by atoms with Crippen molar-refractivity contribution in [2.75, 3.05) is 18.4 Å². The van der Waals surface area contributed by atoms with Gasteiger partial charge in [-0.05, 0) is 57.6 Å². The zero-order chi connectivity index (χ0) is 17.6. The fourth-order valence-corrected chi connectivity index (χ4v) is 4.22. The number of aromatic nitrogens is 1. The number of nitrogens with zero attached hydrogens (tertiary/aromatic N) is 2. The van der Waals surface area contributed by atoms with Crippen LogP contribution in [0.4, 0.5) is 5.69 Å². The molecule has 2 aromatic rings. The third-order valence-electron chi connectivity index (χ3n) is 5.72. The highest BCUT2D eigenvalue weighted by Gasteiger charge is 2.25. The number of phenolic OH excluding ortho intramolecular Hbond substituents is 2. The van der Waals surface area contributed by atoms with Crippen LogP contribution in [0, 0.1) is 0 Å². The summed E-state index contributed by atoms with van der Waals surface area (Å²) in [7, 11) is 0. The van der Waals surface area contributed by atoms with E-state index in [1.807, 2.05) is 0 Å². The van der Waals surface area contributed by atoms with Gasteiger partial charge in [0.25, 0.3) is 0 Å². The molecule has 1 saturated heterocycles. The van der Waals surface area contributed by atoms with Crippen molar-refractivity contribution in [1.82, 2.24) is 9.88 Å². The van der Waals surface area contributed by atoms with Gasteiger partial charge in [-0.15, -0.1) is 0 Å². The number of phenols is 2. The van der Waals surface area contributed by atoms with Crippen molar-refractivity contribution < 1.29 is 10.2 Å². The molecule has 4 rings (SSSR count). The number of aromatic hydroxyl groups is 2. The van der Waals surface area contributed by atoms with Crippen molar-refractivity contribution in [2.45, 2.75) is 58.0 Å². The third-order valence-corrected chi connectivity index (χ3v) is 5.72. The Balaban J connectivity index is 1.68. The van der Waals surface area contributed by atoms with Gasteiger partial charge in [0.05, 0.1) is 5.52 Å². The zero-order valence-electron chi connectivity index (χ0n) is 15.0. The van der Waals surface area contributed by atoms with Crippen LogP contribution >= 0.6 is 0 Å². The molecular formula is C20H27N3O2. The predicted molar refractivity (Wildman–Crippen MR) is 100 cm³/mol. The lowest BCUT2D eigenvalue weighted by atomic mass is 10.0. The largest absolute Gasteiger partial charge is 0.504 e. The Morgan fingerprint density at radius 1 is 1.12 bits per heavy atom. The van der Waals surface area contributed by atoms with E-state index in [-0.39, 0.29) is 11.5 Å². The summed E-state index contributed by atoms with van der Waals surface area (Å²) in [5, 5.41) is 24.5. The number of hydrogen-bond acceptors (Lipinski definition) is 5. The molecule has 1 aliphatic carbocycles. The second-order valence-electron chi connectivity index (χ2n) is 7.67. The third kappa shape index (κ3) is 3.01. The first kappa shape index (κ1) is 16.5. The molecule has 1 aromatic carbocycles. The standard InChI is InChI=1S/C20H27N3O2/c1-12(2)23-8-6-13(7-9-23)21-20-14-4-3-5-16(14)22-17-11-19(25)18(24)10-15(17)20/h10-13,24-25H,3-9H2,1-2H3,(H,21,22). The fourth-order valence-electron chi connectivity index (χ4n) is 4.22. The monoisotopic (exact) mass is 341 g/mol. The highest BCUT2D eigenvalue weighted by Crippen LogP contribution is 2.39. The van der Waals surface area contributed by atoms with Gasteiger partial charge in [-0.3, -0.25) is 4.98 Å². The van der Waals surface area contributed by atoms with Gasteiger partial charge in [-0.1, -0.05) is 0 Å². The van der Waals surface area contributed by atoms with Crippen LogP contribution in [0.2, 0.25) is 0 Å². The molecule has 2 aliphatic rings. The van der Waals surface area contributed by atoms with Crippen LogP contribution in [-0.2, 0) is 12.8 Å². The van der Waals surface area contributed by atoms with E-state index >= 15 is 0 Å². The summed E-state index contributed by atoms with van der Waals surface area (Å²) in [6.45, 7) is 6.75. The number of rotatable bonds is 3. The molecule has 134 valence electrons. The van der Waals surface area contributed by atoms with Gasteiger partial charge in [0.2, 0.25) is 0 Å². The number of anilines is 1. The van der Waals surface area contributed by atoms with Gasteiger partial charge in [0.1, 0.15) is 0 Å². The minimum atomic E-state index is -0.103. The summed E-state index contributed by atoms with van der Waals surface area (Å²) in [6.07, 6.45) is 5.40. The predicted octanol–water partition coefficient (Wildman–Crippen LogP) is 3.42. The van der Waals surface area contributed by atoms with Gasteiger partial charge in [-0.2, -0.15) is 0 Å². The Morgan fingerprint density at radius 2 is 1.84 bits per heavy atom. The molecule has 0 bridgehead atoms. The maximum Gasteiger partial charge on any atom is 0.159 e. The van der Waals surface area contributed by atoms with Crippen LogP contribution in [0.1, 0.15) is 44.4 Å². The molecule has 1 aliphatic heterocycles. The number of likely N-dealkylation sites (tertiary alicyclic amines) is 1. The van der Waals surface area contributed by atoms with Crippen LogP contribution in [0.5, 0.6) is 11.5 Å². The van der Waals surface area contributed by atoms with E-state index in [4.69, 9.17) is 4.98 Å². The number of piperidine rings is 1. The molecule has 0 spiro atoms. The topological polar surface area (TPSA) is 68.6 Å². The van der Waals surface area contributed by atoms with Crippen molar-refractivity contribution >= 4 is 16.6 Å². The number of hydrogen-bond donors (Lipinski definition) is 3. The lowest BCUT2D eigenvalue weighted by molar-refractivity contribution is 0.177. The molecule has 2 heterocycles. The van der Waals surface area contributed by atoms with Crippen LogP contribution in [0.25, 0.3) is 10.9 Å². The van der Waals surface area contributed by atoms with Crippen molar-refractivity contribution in [2.24, 2.45) is 0 Å². The lowest BCUT2D eigenvalue weighted by Crippen LogP contribution is -2.42. The molecule has 0 saturated carbocycles. The normalized spacial score (nSPS) is 18.8. The van der Waals surface area contributed by atoms with E-state index < -0.39 is 0 Å². The minimum absolute atomic E-state index is 0.0788. The van der Waals surface area contributed by atoms with Gasteiger partial charge >= 0.3 is 0 Å². The number of benzene rings is 1. The number of nitrogens with one attached hydrogen (secondary N) is 1. The van der Waals surface area contributed by atoms with Crippen molar-refractivity contribution in [1.29, 1.82) is 0 Å². The molecule has 3 N–H and O–H groups in total. The molecule has 25 heavy (non-hydrogen) atoms. The van der Waals surface area contributed by atoms with E-state index in [2.05, 4.69) is 24.1 Å². The van der Waals surface area contributed by atoms with Crippen LogP contribution < -0.4 is 5.32 Å². The summed E-state index contributed by atoms with van der Waals surface area (Å²) in [5.74, 6) is -0.181. The zero-order valence-corrected chi connectivity index (χ0v) is 15.0. The maximum atomic E-state index is 9.98. The van der Waals surface area contributed by atoms with E-state index in [1.54, 1.807) is 12.1 Å². The van der Waals surface area contributed by atoms with Gasteiger partial charge in [-0.25, -0.2) is 0 Å². The highest BCUT2D eigenvalue weighted by molar-refractivity contribution is 5.96. The van der Waals surface area contributed by atoms with Gasteiger partial charge < -0.3 is 20.4 Å². The Labute approximate surface area is 148 Å². The first-order chi connectivity index (χ1) is 12.0. The van der Waals surface area contributed by atoms with Gasteiger partial charge in [0, 0.05) is 48.0 Å². The molecule has 1 fully saturated rings. The average Bonchev–Trinajstić information content (AvgIpc) is 3.05. The van der Waals surface area contributed by atoms with Crippen molar-refractivity contribution in [3.63, 3.8) is 0 Å². The quantitative estimate of drug-likeness (QED) is 0.747. The van der Waals surface area contributed by atoms with E-state index in [9.17, 15) is 10.2 Å². The Hall–Kier alpha value is -2.01. The van der Waals surface area contributed by atoms with Crippen LogP contribution in [0.3, 0.4) is 0 Å². The number of fused-ring (bicyclic) bond motifs is 2. The van der Waals surface area contributed by atoms with E-state index in [1.165, 1.54) is 5.56 Å². The van der Waals surface area contributed by atoms with Crippen LogP contribution in [-0.4, -0.2) is 45.3 Å². The van der Waals surface area contributed by atoms with Crippen molar-refractivity contribution in [3.8, 4) is 11.5 Å². The molecule has 0 unspecified atom stereocenters. The summed E-state index contributed by atoms with van der Waals surface area (Å²) in [4.78, 5) is 7.25. The second-order valence-corrected chi connectivity index (χ2v) is 7.67. The maximum absolute atomic E-state index is 9.98.